The van der Waals surface area contributed by atoms with Gasteiger partial charge in [-0.3, -0.25) is 10.1 Å². The molecule has 1 N–H and O–H groups in total. The first-order chi connectivity index (χ1) is 13.6. The Morgan fingerprint density at radius 1 is 1.11 bits per heavy atom. The predicted molar refractivity (Wildman–Crippen MR) is 107 cm³/mol. The van der Waals surface area contributed by atoms with Gasteiger partial charge in [-0.1, -0.05) is 30.3 Å². The zero-order chi connectivity index (χ0) is 19.9. The molecule has 0 radical (unpaired) electrons. The van der Waals surface area contributed by atoms with E-state index >= 15 is 0 Å². The molecule has 144 valence electrons. The van der Waals surface area contributed by atoms with Crippen LogP contribution in [0.15, 0.2) is 65.5 Å². The Morgan fingerprint density at radius 2 is 1.82 bits per heavy atom. The molecule has 0 bridgehead atoms. The molecule has 3 rings (SSSR count). The van der Waals surface area contributed by atoms with Gasteiger partial charge in [0, 0.05) is 5.56 Å². The van der Waals surface area contributed by atoms with Crippen molar-refractivity contribution in [1.29, 1.82) is 0 Å². The third kappa shape index (κ3) is 4.56. The number of ether oxygens (including phenoxy) is 2. The summed E-state index contributed by atoms with van der Waals surface area (Å²) in [5.74, 6) is 0.714. The summed E-state index contributed by atoms with van der Waals surface area (Å²) < 4.78 is 11.4. The van der Waals surface area contributed by atoms with Gasteiger partial charge < -0.3 is 9.47 Å². The third-order valence-corrected chi connectivity index (χ3v) is 4.05. The molecular formula is C21H21N3O4. The lowest BCUT2D eigenvalue weighted by atomic mass is 10.1. The van der Waals surface area contributed by atoms with Crippen LogP contribution < -0.4 is 15.6 Å². The Labute approximate surface area is 162 Å². The van der Waals surface area contributed by atoms with E-state index in [1.165, 1.54) is 4.68 Å². The van der Waals surface area contributed by atoms with Gasteiger partial charge >= 0.3 is 6.09 Å². The summed E-state index contributed by atoms with van der Waals surface area (Å²) in [6, 6.07) is 18.4. The molecule has 7 nitrogen and oxygen atoms in total. The van der Waals surface area contributed by atoms with Gasteiger partial charge in [0.2, 0.25) is 0 Å². The minimum Gasteiger partial charge on any atom is -0.497 e. The topological polar surface area (TPSA) is 82.4 Å². The lowest BCUT2D eigenvalue weighted by Crippen LogP contribution is -2.29. The summed E-state index contributed by atoms with van der Waals surface area (Å²) in [6.07, 6.45) is -0.683. The highest BCUT2D eigenvalue weighted by Gasteiger charge is 2.13. The van der Waals surface area contributed by atoms with Crippen molar-refractivity contribution in [3.8, 4) is 17.0 Å². The maximum atomic E-state index is 12.8. The SMILES string of the molecule is CCOC(=O)Nc1cc(-c2ccc(OC)cc2)nn(Cc2ccccc2)c1=O. The predicted octanol–water partition coefficient (Wildman–Crippen LogP) is 3.54. The van der Waals surface area contributed by atoms with Crippen LogP contribution in [0.1, 0.15) is 12.5 Å². The van der Waals surface area contributed by atoms with E-state index in [1.807, 2.05) is 54.6 Å². The molecule has 1 aromatic heterocycles. The number of carbonyl (C=O) groups is 1. The Balaban J connectivity index is 2.03. The number of rotatable bonds is 6. The molecular weight excluding hydrogens is 358 g/mol. The van der Waals surface area contributed by atoms with Gasteiger partial charge in [-0.15, -0.1) is 0 Å². The van der Waals surface area contributed by atoms with Gasteiger partial charge in [0.25, 0.3) is 5.56 Å². The highest BCUT2D eigenvalue weighted by Crippen LogP contribution is 2.22. The van der Waals surface area contributed by atoms with Crippen LogP contribution in [0.5, 0.6) is 5.75 Å². The summed E-state index contributed by atoms with van der Waals surface area (Å²) >= 11 is 0. The van der Waals surface area contributed by atoms with Gasteiger partial charge in [0.15, 0.2) is 0 Å². The van der Waals surface area contributed by atoms with Gasteiger partial charge in [-0.25, -0.2) is 9.48 Å². The summed E-state index contributed by atoms with van der Waals surface area (Å²) in [4.78, 5) is 24.7. The number of hydrogen-bond acceptors (Lipinski definition) is 5. The molecule has 0 saturated heterocycles. The smallest absolute Gasteiger partial charge is 0.411 e. The van der Waals surface area contributed by atoms with E-state index in [4.69, 9.17) is 9.47 Å². The number of benzene rings is 2. The molecule has 7 heteroatoms. The molecule has 1 heterocycles. The quantitative estimate of drug-likeness (QED) is 0.708. The molecule has 0 aliphatic heterocycles. The van der Waals surface area contributed by atoms with Gasteiger partial charge in [-0.2, -0.15) is 5.10 Å². The van der Waals surface area contributed by atoms with Crippen LogP contribution in [0.3, 0.4) is 0 Å². The Kier molecular flexibility index (Phi) is 6.06. The zero-order valence-corrected chi connectivity index (χ0v) is 15.7. The maximum absolute atomic E-state index is 12.8. The summed E-state index contributed by atoms with van der Waals surface area (Å²) in [5, 5.41) is 6.99. The first-order valence-electron chi connectivity index (χ1n) is 8.85. The maximum Gasteiger partial charge on any atom is 0.411 e. The van der Waals surface area contributed by atoms with E-state index in [0.717, 1.165) is 11.1 Å². The highest BCUT2D eigenvalue weighted by molar-refractivity contribution is 5.85. The lowest BCUT2D eigenvalue weighted by Gasteiger charge is -2.12. The van der Waals surface area contributed by atoms with Crippen molar-refractivity contribution in [2.75, 3.05) is 19.0 Å². The number of hydrogen-bond donors (Lipinski definition) is 1. The molecule has 0 aliphatic rings. The number of nitrogens with zero attached hydrogens (tertiary/aromatic N) is 2. The fraction of sp³-hybridized carbons (Fsp3) is 0.190. The number of aromatic nitrogens is 2. The second-order valence-corrected chi connectivity index (χ2v) is 5.97. The average molecular weight is 379 g/mol. The number of carbonyl (C=O) groups excluding carboxylic acids is 1. The van der Waals surface area contributed by atoms with Gasteiger partial charge in [0.1, 0.15) is 11.4 Å². The molecule has 0 unspecified atom stereocenters. The summed E-state index contributed by atoms with van der Waals surface area (Å²) in [6.45, 7) is 2.18. The van der Waals surface area contributed by atoms with Gasteiger partial charge in [-0.05, 0) is 42.8 Å². The van der Waals surface area contributed by atoms with Crippen LogP contribution in [0.4, 0.5) is 10.5 Å². The van der Waals surface area contributed by atoms with Crippen LogP contribution in [0.25, 0.3) is 11.3 Å². The van der Waals surface area contributed by atoms with Crippen molar-refractivity contribution in [2.45, 2.75) is 13.5 Å². The average Bonchev–Trinajstić information content (AvgIpc) is 2.72. The van der Waals surface area contributed by atoms with E-state index in [2.05, 4.69) is 10.4 Å². The van der Waals surface area contributed by atoms with Crippen LogP contribution >= 0.6 is 0 Å². The third-order valence-electron chi connectivity index (χ3n) is 4.05. The molecule has 0 atom stereocenters. The Morgan fingerprint density at radius 3 is 2.46 bits per heavy atom. The van der Waals surface area contributed by atoms with Crippen LogP contribution in [0, 0.1) is 0 Å². The van der Waals surface area contributed by atoms with E-state index in [9.17, 15) is 9.59 Å². The molecule has 0 aliphatic carbocycles. The molecule has 1 amide bonds. The molecule has 2 aromatic carbocycles. The van der Waals surface area contributed by atoms with Crippen LogP contribution in [-0.4, -0.2) is 29.6 Å². The van der Waals surface area contributed by atoms with Crippen molar-refractivity contribution >= 4 is 11.8 Å². The van der Waals surface area contributed by atoms with Crippen LogP contribution in [0.2, 0.25) is 0 Å². The summed E-state index contributed by atoms with van der Waals surface area (Å²) in [5.41, 5.74) is 1.95. The second kappa shape index (κ2) is 8.85. The minimum atomic E-state index is -0.683. The van der Waals surface area contributed by atoms with Crippen molar-refractivity contribution < 1.29 is 14.3 Å². The fourth-order valence-electron chi connectivity index (χ4n) is 2.67. The summed E-state index contributed by atoms with van der Waals surface area (Å²) in [7, 11) is 1.59. The monoisotopic (exact) mass is 379 g/mol. The number of methoxy groups -OCH3 is 1. The molecule has 0 fully saturated rings. The minimum absolute atomic E-state index is 0.107. The fourth-order valence-corrected chi connectivity index (χ4v) is 2.67. The molecule has 28 heavy (non-hydrogen) atoms. The number of anilines is 1. The van der Waals surface area contributed by atoms with E-state index < -0.39 is 11.7 Å². The first kappa shape index (κ1) is 19.2. The number of nitrogens with one attached hydrogen (secondary N) is 1. The molecule has 0 saturated carbocycles. The van der Waals surface area contributed by atoms with E-state index in [0.29, 0.717) is 11.4 Å². The number of amides is 1. The Bertz CT molecular complexity index is 998. The van der Waals surface area contributed by atoms with Crippen LogP contribution in [-0.2, 0) is 11.3 Å². The normalized spacial score (nSPS) is 10.4. The van der Waals surface area contributed by atoms with Crippen molar-refractivity contribution in [3.63, 3.8) is 0 Å². The standard InChI is InChI=1S/C21H21N3O4/c1-3-28-21(26)22-19-13-18(16-9-11-17(27-2)12-10-16)23-24(20(19)25)14-15-7-5-4-6-8-15/h4-13H,3,14H2,1-2H3,(H,22,26). The molecule has 3 aromatic rings. The highest BCUT2D eigenvalue weighted by atomic mass is 16.5. The van der Waals surface area contributed by atoms with Crippen molar-refractivity contribution in [2.24, 2.45) is 0 Å². The zero-order valence-electron chi connectivity index (χ0n) is 15.7. The lowest BCUT2D eigenvalue weighted by molar-refractivity contribution is 0.168. The Hall–Kier alpha value is -3.61. The second-order valence-electron chi connectivity index (χ2n) is 5.97. The van der Waals surface area contributed by atoms with E-state index in [-0.39, 0.29) is 18.8 Å². The van der Waals surface area contributed by atoms with Crippen molar-refractivity contribution in [1.82, 2.24) is 9.78 Å². The van der Waals surface area contributed by atoms with Crippen molar-refractivity contribution in [3.05, 3.63) is 76.6 Å². The largest absolute Gasteiger partial charge is 0.497 e. The first-order valence-corrected chi connectivity index (χ1v) is 8.85. The van der Waals surface area contributed by atoms with Gasteiger partial charge in [0.05, 0.1) is 26.0 Å². The van der Waals surface area contributed by atoms with E-state index in [1.54, 1.807) is 20.1 Å². The molecule has 0 spiro atoms.